The van der Waals surface area contributed by atoms with Gasteiger partial charge in [-0.3, -0.25) is 9.59 Å². The van der Waals surface area contributed by atoms with E-state index in [1.165, 1.54) is 0 Å². The van der Waals surface area contributed by atoms with Crippen molar-refractivity contribution in [2.75, 3.05) is 6.54 Å². The summed E-state index contributed by atoms with van der Waals surface area (Å²) in [5.74, 6) is -0.378. The summed E-state index contributed by atoms with van der Waals surface area (Å²) in [6.45, 7) is 2.78. The van der Waals surface area contributed by atoms with Gasteiger partial charge in [0, 0.05) is 13.0 Å². The summed E-state index contributed by atoms with van der Waals surface area (Å²) in [4.78, 5) is 22.9. The van der Waals surface area contributed by atoms with E-state index in [2.05, 4.69) is 12.2 Å². The van der Waals surface area contributed by atoms with Crippen LogP contribution < -0.4 is 5.32 Å². The minimum absolute atomic E-state index is 0.138. The van der Waals surface area contributed by atoms with Gasteiger partial charge in [0.1, 0.15) is 0 Å². The van der Waals surface area contributed by atoms with Gasteiger partial charge in [-0.1, -0.05) is 19.8 Å². The first-order valence-electron chi connectivity index (χ1n) is 6.21. The average molecular weight is 227 g/mol. The van der Waals surface area contributed by atoms with E-state index < -0.39 is 6.10 Å². The molecular weight excluding hydrogens is 206 g/mol. The minimum Gasteiger partial charge on any atom is -0.452 e. The van der Waals surface area contributed by atoms with Gasteiger partial charge in [0.25, 0.3) is 5.91 Å². The number of ether oxygens (including phenoxy) is 1. The zero-order valence-electron chi connectivity index (χ0n) is 9.96. The third-order valence-electron chi connectivity index (χ3n) is 2.74. The third-order valence-corrected chi connectivity index (χ3v) is 2.74. The Hall–Kier alpha value is -1.06. The molecule has 0 aliphatic carbocycles. The van der Waals surface area contributed by atoms with Crippen molar-refractivity contribution >= 4 is 11.9 Å². The number of carbonyl (C=O) groups excluding carboxylic acids is 2. The third kappa shape index (κ3) is 4.64. The highest BCUT2D eigenvalue weighted by atomic mass is 16.5. The van der Waals surface area contributed by atoms with Crippen molar-refractivity contribution in [3.8, 4) is 0 Å². The predicted octanol–water partition coefficient (Wildman–Crippen LogP) is 1.78. The fraction of sp³-hybridized carbons (Fsp3) is 0.833. The first kappa shape index (κ1) is 13.0. The van der Waals surface area contributed by atoms with Gasteiger partial charge in [-0.05, 0) is 25.7 Å². The van der Waals surface area contributed by atoms with Gasteiger partial charge in [0.05, 0.1) is 0 Å². The van der Waals surface area contributed by atoms with Crippen LogP contribution in [0.15, 0.2) is 0 Å². The summed E-state index contributed by atoms with van der Waals surface area (Å²) in [6, 6.07) is 0. The molecule has 0 bridgehead atoms. The van der Waals surface area contributed by atoms with Crippen molar-refractivity contribution in [1.29, 1.82) is 0 Å². The van der Waals surface area contributed by atoms with Crippen molar-refractivity contribution in [2.45, 2.75) is 58.0 Å². The normalized spacial score (nSPS) is 21.1. The molecule has 1 heterocycles. The Kier molecular flexibility index (Phi) is 5.90. The lowest BCUT2D eigenvalue weighted by Gasteiger charge is -2.14. The van der Waals surface area contributed by atoms with Gasteiger partial charge in [0.15, 0.2) is 6.10 Å². The Morgan fingerprint density at radius 2 is 2.25 bits per heavy atom. The smallest absolute Gasteiger partial charge is 0.306 e. The van der Waals surface area contributed by atoms with Gasteiger partial charge >= 0.3 is 5.97 Å². The molecule has 0 saturated carbocycles. The molecule has 1 N–H and O–H groups in total. The minimum atomic E-state index is -0.559. The Morgan fingerprint density at radius 3 is 3.00 bits per heavy atom. The number of rotatable bonds is 5. The molecule has 1 aliphatic rings. The van der Waals surface area contributed by atoms with E-state index >= 15 is 0 Å². The molecule has 4 heteroatoms. The first-order chi connectivity index (χ1) is 7.74. The first-order valence-corrected chi connectivity index (χ1v) is 6.21. The monoisotopic (exact) mass is 227 g/mol. The summed E-state index contributed by atoms with van der Waals surface area (Å²) in [5, 5.41) is 2.75. The number of unbranched alkanes of at least 4 members (excludes halogenated alkanes) is 2. The van der Waals surface area contributed by atoms with E-state index in [9.17, 15) is 9.59 Å². The number of hydrogen-bond donors (Lipinski definition) is 1. The van der Waals surface area contributed by atoms with Crippen molar-refractivity contribution in [2.24, 2.45) is 0 Å². The molecule has 0 aromatic heterocycles. The number of hydrogen-bond acceptors (Lipinski definition) is 3. The van der Waals surface area contributed by atoms with Gasteiger partial charge in [0.2, 0.25) is 0 Å². The van der Waals surface area contributed by atoms with Crippen LogP contribution in [0.4, 0.5) is 0 Å². The summed E-state index contributed by atoms with van der Waals surface area (Å²) >= 11 is 0. The van der Waals surface area contributed by atoms with Crippen LogP contribution in [0.5, 0.6) is 0 Å². The Morgan fingerprint density at radius 1 is 1.44 bits per heavy atom. The van der Waals surface area contributed by atoms with Crippen LogP contribution in [0.3, 0.4) is 0 Å². The average Bonchev–Trinajstić information content (AvgIpc) is 2.45. The fourth-order valence-corrected chi connectivity index (χ4v) is 1.76. The maximum Gasteiger partial charge on any atom is 0.306 e. The topological polar surface area (TPSA) is 55.4 Å². The van der Waals surface area contributed by atoms with Gasteiger partial charge < -0.3 is 10.1 Å². The molecule has 92 valence electrons. The molecule has 1 unspecified atom stereocenters. The van der Waals surface area contributed by atoms with Crippen LogP contribution in [0, 0.1) is 0 Å². The van der Waals surface area contributed by atoms with Gasteiger partial charge in [-0.2, -0.15) is 0 Å². The van der Waals surface area contributed by atoms with Crippen molar-refractivity contribution in [3.05, 3.63) is 0 Å². The highest BCUT2D eigenvalue weighted by Gasteiger charge is 2.23. The van der Waals surface area contributed by atoms with Crippen molar-refractivity contribution < 1.29 is 14.3 Å². The van der Waals surface area contributed by atoms with E-state index in [0.717, 1.165) is 32.1 Å². The second-order valence-corrected chi connectivity index (χ2v) is 4.22. The maximum absolute atomic E-state index is 11.5. The molecule has 1 aliphatic heterocycles. The van der Waals surface area contributed by atoms with Crippen LogP contribution in [0.25, 0.3) is 0 Å². The Bertz CT molecular complexity index is 240. The molecule has 1 amide bonds. The molecule has 0 aromatic carbocycles. The van der Waals surface area contributed by atoms with E-state index in [-0.39, 0.29) is 11.9 Å². The molecule has 1 fully saturated rings. The van der Waals surface area contributed by atoms with E-state index in [1.807, 2.05) is 0 Å². The summed E-state index contributed by atoms with van der Waals surface area (Å²) in [6.07, 6.45) is 5.40. The molecule has 0 spiro atoms. The second-order valence-electron chi connectivity index (χ2n) is 4.22. The molecule has 1 rings (SSSR count). The van der Waals surface area contributed by atoms with Gasteiger partial charge in [-0.15, -0.1) is 0 Å². The molecular formula is C12H21NO3. The second kappa shape index (κ2) is 7.25. The molecule has 1 atom stereocenters. The maximum atomic E-state index is 11.5. The number of nitrogens with one attached hydrogen (secondary N) is 1. The van der Waals surface area contributed by atoms with Gasteiger partial charge in [-0.25, -0.2) is 0 Å². The van der Waals surface area contributed by atoms with E-state index in [0.29, 0.717) is 19.4 Å². The van der Waals surface area contributed by atoms with Crippen LogP contribution in [0.2, 0.25) is 0 Å². The summed E-state index contributed by atoms with van der Waals surface area (Å²) in [5.41, 5.74) is 0. The molecule has 0 radical (unpaired) electrons. The zero-order valence-corrected chi connectivity index (χ0v) is 9.96. The Labute approximate surface area is 96.7 Å². The highest BCUT2D eigenvalue weighted by Crippen LogP contribution is 2.11. The standard InChI is InChI=1S/C12H21NO3/c1-2-3-4-8-11(14)16-10-7-5-6-9-13-12(10)15/h10H,2-9H2,1H3,(H,13,15). The number of esters is 1. The lowest BCUT2D eigenvalue weighted by Crippen LogP contribution is -2.35. The summed E-state index contributed by atoms with van der Waals surface area (Å²) in [7, 11) is 0. The van der Waals surface area contributed by atoms with Crippen LogP contribution in [-0.4, -0.2) is 24.5 Å². The van der Waals surface area contributed by atoms with Crippen LogP contribution in [0.1, 0.15) is 51.9 Å². The molecule has 0 aromatic rings. The number of amides is 1. The predicted molar refractivity (Wildman–Crippen MR) is 60.9 cm³/mol. The molecule has 1 saturated heterocycles. The van der Waals surface area contributed by atoms with Crippen molar-refractivity contribution in [3.63, 3.8) is 0 Å². The lowest BCUT2D eigenvalue weighted by atomic mass is 10.1. The SMILES string of the molecule is CCCCCC(=O)OC1CCCCNC1=O. The molecule has 16 heavy (non-hydrogen) atoms. The quantitative estimate of drug-likeness (QED) is 0.575. The number of carbonyl (C=O) groups is 2. The fourth-order valence-electron chi connectivity index (χ4n) is 1.76. The van der Waals surface area contributed by atoms with E-state index in [1.54, 1.807) is 0 Å². The zero-order chi connectivity index (χ0) is 11.8. The lowest BCUT2D eigenvalue weighted by molar-refractivity contribution is -0.156. The Balaban J connectivity index is 2.27. The van der Waals surface area contributed by atoms with Crippen molar-refractivity contribution in [1.82, 2.24) is 5.32 Å². The van der Waals surface area contributed by atoms with Crippen LogP contribution in [-0.2, 0) is 14.3 Å². The highest BCUT2D eigenvalue weighted by molar-refractivity contribution is 5.83. The largest absolute Gasteiger partial charge is 0.452 e. The van der Waals surface area contributed by atoms with E-state index in [4.69, 9.17) is 4.74 Å². The summed E-state index contributed by atoms with van der Waals surface area (Å²) < 4.78 is 5.18. The molecule has 4 nitrogen and oxygen atoms in total. The van der Waals surface area contributed by atoms with Crippen LogP contribution >= 0.6 is 0 Å².